The predicted molar refractivity (Wildman–Crippen MR) is 101 cm³/mol. The Labute approximate surface area is 152 Å². The molecule has 0 saturated heterocycles. The van der Waals surface area contributed by atoms with Gasteiger partial charge in [0.25, 0.3) is 0 Å². The van der Waals surface area contributed by atoms with E-state index >= 15 is 0 Å². The number of rotatable bonds is 5. The van der Waals surface area contributed by atoms with Crippen LogP contribution in [0.5, 0.6) is 5.75 Å². The third kappa shape index (κ3) is 3.18. The average Bonchev–Trinajstić information content (AvgIpc) is 3.19. The van der Waals surface area contributed by atoms with Crippen molar-refractivity contribution >= 4 is 50.9 Å². The first kappa shape index (κ1) is 15.9. The molecule has 2 heterocycles. The molecule has 0 saturated carbocycles. The van der Waals surface area contributed by atoms with Crippen molar-refractivity contribution in [1.82, 2.24) is 13.8 Å². The lowest BCUT2D eigenvalue weighted by atomic mass is 10.3. The molecule has 0 fully saturated rings. The second kappa shape index (κ2) is 6.73. The number of thioether (sulfide) groups is 1. The summed E-state index contributed by atoms with van der Waals surface area (Å²) in [7, 11) is 1.60. The zero-order valence-corrected chi connectivity index (χ0v) is 14.9. The third-order valence-corrected chi connectivity index (χ3v) is 5.37. The van der Waals surface area contributed by atoms with Crippen molar-refractivity contribution in [2.24, 2.45) is 0 Å². The van der Waals surface area contributed by atoms with Crippen LogP contribution in [-0.4, -0.2) is 32.5 Å². The molecule has 0 aliphatic rings. The molecule has 0 spiro atoms. The summed E-state index contributed by atoms with van der Waals surface area (Å²) in [6.07, 6.45) is 0. The lowest BCUT2D eigenvalue weighted by Gasteiger charge is -2.06. The minimum atomic E-state index is -0.0937. The number of imidazole rings is 1. The Hall–Kier alpha value is -2.58. The number of fused-ring (bicyclic) bond motifs is 3. The number of hydrogen-bond acceptors (Lipinski definition) is 6. The lowest BCUT2D eigenvalue weighted by Crippen LogP contribution is -2.14. The zero-order valence-electron chi connectivity index (χ0n) is 13.3. The monoisotopic (exact) mass is 370 g/mol. The highest BCUT2D eigenvalue weighted by Gasteiger charge is 2.14. The van der Waals surface area contributed by atoms with Crippen LogP contribution >= 0.6 is 23.3 Å². The van der Waals surface area contributed by atoms with Gasteiger partial charge in [0.2, 0.25) is 10.9 Å². The van der Waals surface area contributed by atoms with Crippen LogP contribution in [0.15, 0.2) is 53.7 Å². The molecule has 8 heteroatoms. The second-order valence-corrected chi connectivity index (χ2v) is 6.93. The molecule has 126 valence electrons. The van der Waals surface area contributed by atoms with Crippen molar-refractivity contribution in [3.05, 3.63) is 48.5 Å². The number of carbonyl (C=O) groups is 1. The van der Waals surface area contributed by atoms with E-state index in [1.807, 2.05) is 46.9 Å². The highest BCUT2D eigenvalue weighted by Crippen LogP contribution is 2.27. The summed E-state index contributed by atoms with van der Waals surface area (Å²) in [5.41, 5.74) is 2.64. The van der Waals surface area contributed by atoms with Gasteiger partial charge >= 0.3 is 0 Å². The van der Waals surface area contributed by atoms with E-state index in [9.17, 15) is 4.79 Å². The SMILES string of the molecule is COc1cccc(NC(=O)CSc2nsc3nc4ccccc4n23)c1. The molecule has 4 aromatic rings. The van der Waals surface area contributed by atoms with Crippen molar-refractivity contribution in [3.8, 4) is 5.75 Å². The number of benzene rings is 2. The third-order valence-electron chi connectivity index (χ3n) is 3.61. The van der Waals surface area contributed by atoms with Gasteiger partial charge in [-0.2, -0.15) is 4.37 Å². The summed E-state index contributed by atoms with van der Waals surface area (Å²) in [6, 6.07) is 15.2. The fourth-order valence-electron chi connectivity index (χ4n) is 2.49. The van der Waals surface area contributed by atoms with Gasteiger partial charge in [-0.05, 0) is 24.3 Å². The first-order chi connectivity index (χ1) is 12.2. The molecular formula is C17H14N4O2S2. The molecule has 0 atom stereocenters. The van der Waals surface area contributed by atoms with Crippen molar-refractivity contribution in [2.75, 3.05) is 18.2 Å². The van der Waals surface area contributed by atoms with Crippen LogP contribution in [0.3, 0.4) is 0 Å². The average molecular weight is 370 g/mol. The maximum Gasteiger partial charge on any atom is 0.234 e. The van der Waals surface area contributed by atoms with Crippen molar-refractivity contribution < 1.29 is 9.53 Å². The van der Waals surface area contributed by atoms with E-state index in [1.165, 1.54) is 23.3 Å². The standard InChI is InChI=1S/C17H14N4O2S2/c1-23-12-6-4-5-11(9-12)18-15(22)10-24-17-20-25-16-19-13-7-2-3-8-14(13)21(16)17/h2-9H,10H2,1H3,(H,18,22). The lowest BCUT2D eigenvalue weighted by molar-refractivity contribution is -0.113. The van der Waals surface area contributed by atoms with Gasteiger partial charge in [-0.15, -0.1) is 0 Å². The molecule has 0 aliphatic heterocycles. The molecular weight excluding hydrogens is 356 g/mol. The fraction of sp³-hybridized carbons (Fsp3) is 0.118. The number of nitrogens with zero attached hydrogens (tertiary/aromatic N) is 3. The summed E-state index contributed by atoms with van der Waals surface area (Å²) in [5, 5.41) is 3.64. The maximum atomic E-state index is 12.2. The number of anilines is 1. The van der Waals surface area contributed by atoms with E-state index < -0.39 is 0 Å². The van der Waals surface area contributed by atoms with Crippen LogP contribution in [0.1, 0.15) is 0 Å². The fourth-order valence-corrected chi connectivity index (χ4v) is 4.16. The van der Waals surface area contributed by atoms with Crippen LogP contribution in [0, 0.1) is 0 Å². The van der Waals surface area contributed by atoms with E-state index in [2.05, 4.69) is 14.7 Å². The smallest absolute Gasteiger partial charge is 0.234 e. The Balaban J connectivity index is 1.49. The van der Waals surface area contributed by atoms with Gasteiger partial charge < -0.3 is 10.1 Å². The van der Waals surface area contributed by atoms with Gasteiger partial charge in [-0.3, -0.25) is 9.20 Å². The molecule has 1 N–H and O–H groups in total. The molecule has 25 heavy (non-hydrogen) atoms. The number of hydrogen-bond donors (Lipinski definition) is 1. The highest BCUT2D eigenvalue weighted by molar-refractivity contribution is 7.99. The Morgan fingerprint density at radius 3 is 3.04 bits per heavy atom. The van der Waals surface area contributed by atoms with E-state index in [0.717, 1.165) is 21.2 Å². The van der Waals surface area contributed by atoms with E-state index in [-0.39, 0.29) is 11.7 Å². The normalized spacial score (nSPS) is 11.1. The molecule has 0 aliphatic carbocycles. The molecule has 2 aromatic heterocycles. The van der Waals surface area contributed by atoms with Crippen molar-refractivity contribution in [2.45, 2.75) is 5.16 Å². The number of para-hydroxylation sites is 2. The van der Waals surface area contributed by atoms with Gasteiger partial charge in [0.15, 0.2) is 5.16 Å². The number of amides is 1. The molecule has 4 rings (SSSR count). The predicted octanol–water partition coefficient (Wildman–Crippen LogP) is 3.68. The van der Waals surface area contributed by atoms with Gasteiger partial charge in [0.05, 0.1) is 23.9 Å². The molecule has 2 aromatic carbocycles. The Morgan fingerprint density at radius 2 is 2.16 bits per heavy atom. The summed E-state index contributed by atoms with van der Waals surface area (Å²) >= 11 is 2.73. The van der Waals surface area contributed by atoms with E-state index in [0.29, 0.717) is 11.4 Å². The van der Waals surface area contributed by atoms with Crippen LogP contribution in [0.2, 0.25) is 0 Å². The summed E-state index contributed by atoms with van der Waals surface area (Å²) < 4.78 is 11.6. The number of aromatic nitrogens is 3. The summed E-state index contributed by atoms with van der Waals surface area (Å²) in [5.74, 6) is 0.878. The van der Waals surface area contributed by atoms with Crippen molar-refractivity contribution in [3.63, 3.8) is 0 Å². The van der Waals surface area contributed by atoms with Crippen LogP contribution in [-0.2, 0) is 4.79 Å². The van der Waals surface area contributed by atoms with Crippen LogP contribution in [0.25, 0.3) is 16.0 Å². The second-order valence-electron chi connectivity index (χ2n) is 5.25. The minimum Gasteiger partial charge on any atom is -0.497 e. The quantitative estimate of drug-likeness (QED) is 0.543. The van der Waals surface area contributed by atoms with Gasteiger partial charge in [0.1, 0.15) is 5.75 Å². The molecule has 0 bridgehead atoms. The highest BCUT2D eigenvalue weighted by atomic mass is 32.2. The Bertz CT molecular complexity index is 1060. The number of ether oxygens (including phenoxy) is 1. The minimum absolute atomic E-state index is 0.0937. The van der Waals surface area contributed by atoms with Crippen LogP contribution < -0.4 is 10.1 Å². The molecule has 0 unspecified atom stereocenters. The van der Waals surface area contributed by atoms with Crippen LogP contribution in [0.4, 0.5) is 5.69 Å². The topological polar surface area (TPSA) is 68.5 Å². The van der Waals surface area contributed by atoms with Gasteiger partial charge in [0, 0.05) is 23.3 Å². The largest absolute Gasteiger partial charge is 0.497 e. The Morgan fingerprint density at radius 1 is 1.28 bits per heavy atom. The van der Waals surface area contributed by atoms with Gasteiger partial charge in [-0.1, -0.05) is 30.0 Å². The summed E-state index contributed by atoms with van der Waals surface area (Å²) in [4.78, 5) is 17.6. The van der Waals surface area contributed by atoms with E-state index in [1.54, 1.807) is 13.2 Å². The number of nitrogens with one attached hydrogen (secondary N) is 1. The summed E-state index contributed by atoms with van der Waals surface area (Å²) in [6.45, 7) is 0. The number of methoxy groups -OCH3 is 1. The Kier molecular flexibility index (Phi) is 4.29. The molecule has 6 nitrogen and oxygen atoms in total. The number of carbonyl (C=O) groups excluding carboxylic acids is 1. The van der Waals surface area contributed by atoms with Crippen molar-refractivity contribution in [1.29, 1.82) is 0 Å². The first-order valence-corrected chi connectivity index (χ1v) is 9.30. The zero-order chi connectivity index (χ0) is 17.2. The maximum absolute atomic E-state index is 12.2. The van der Waals surface area contributed by atoms with Gasteiger partial charge in [-0.25, -0.2) is 4.98 Å². The molecule has 1 amide bonds. The van der Waals surface area contributed by atoms with E-state index in [4.69, 9.17) is 4.74 Å². The first-order valence-electron chi connectivity index (χ1n) is 7.54. The molecule has 0 radical (unpaired) electrons.